The molecule has 1 N–H and O–H groups in total. The van der Waals surface area contributed by atoms with Crippen LogP contribution < -0.4 is 5.32 Å². The van der Waals surface area contributed by atoms with Crippen LogP contribution in [0.1, 0.15) is 46.5 Å². The van der Waals surface area contributed by atoms with Crippen molar-refractivity contribution < 1.29 is 9.59 Å². The lowest BCUT2D eigenvalue weighted by Gasteiger charge is -2.45. The second kappa shape index (κ2) is 4.67. The first-order chi connectivity index (χ1) is 8.02. The number of hydrogen-bond acceptors (Lipinski definition) is 2. The lowest BCUT2D eigenvalue weighted by atomic mass is 9.83. The maximum atomic E-state index is 12.2. The molecule has 4 nitrogen and oxygen atoms in total. The quantitative estimate of drug-likeness (QED) is 0.748. The molecule has 0 spiro atoms. The van der Waals surface area contributed by atoms with Crippen LogP contribution in [0.25, 0.3) is 0 Å². The SMILES string of the molecule is CC1NC(=O)C(C)N(C2CCCCC2C)C1=O. The van der Waals surface area contributed by atoms with Crippen molar-refractivity contribution in [1.29, 1.82) is 0 Å². The molecule has 1 aliphatic heterocycles. The van der Waals surface area contributed by atoms with E-state index in [-0.39, 0.29) is 29.9 Å². The van der Waals surface area contributed by atoms with Crippen LogP contribution in [0, 0.1) is 5.92 Å². The molecule has 0 aromatic rings. The fourth-order valence-corrected chi connectivity index (χ4v) is 3.10. The van der Waals surface area contributed by atoms with Crippen LogP contribution >= 0.6 is 0 Å². The Kier molecular flexibility index (Phi) is 3.40. The number of carbonyl (C=O) groups excluding carboxylic acids is 2. The maximum absolute atomic E-state index is 12.2. The highest BCUT2D eigenvalue weighted by Crippen LogP contribution is 2.30. The summed E-state index contributed by atoms with van der Waals surface area (Å²) in [6.45, 7) is 5.80. The standard InChI is InChI=1S/C13H22N2O2/c1-8-6-4-5-7-11(8)15-10(3)12(16)14-9(2)13(15)17/h8-11H,4-7H2,1-3H3,(H,14,16). The summed E-state index contributed by atoms with van der Waals surface area (Å²) in [5.41, 5.74) is 0. The van der Waals surface area contributed by atoms with Crippen LogP contribution in [-0.2, 0) is 9.59 Å². The van der Waals surface area contributed by atoms with Gasteiger partial charge in [-0.3, -0.25) is 9.59 Å². The Labute approximate surface area is 103 Å². The highest BCUT2D eigenvalue weighted by molar-refractivity contribution is 5.96. The van der Waals surface area contributed by atoms with Crippen molar-refractivity contribution in [2.75, 3.05) is 0 Å². The zero-order chi connectivity index (χ0) is 12.6. The van der Waals surface area contributed by atoms with Crippen LogP contribution in [0.3, 0.4) is 0 Å². The van der Waals surface area contributed by atoms with E-state index < -0.39 is 0 Å². The molecule has 0 aromatic carbocycles. The Hall–Kier alpha value is -1.06. The number of nitrogens with zero attached hydrogens (tertiary/aromatic N) is 1. The zero-order valence-corrected chi connectivity index (χ0v) is 10.9. The molecular formula is C13H22N2O2. The minimum Gasteiger partial charge on any atom is -0.343 e. The molecular weight excluding hydrogens is 216 g/mol. The third-order valence-corrected chi connectivity index (χ3v) is 4.20. The van der Waals surface area contributed by atoms with Crippen molar-refractivity contribution in [2.45, 2.75) is 64.6 Å². The van der Waals surface area contributed by atoms with E-state index in [1.54, 1.807) is 6.92 Å². The lowest BCUT2D eigenvalue weighted by Crippen LogP contribution is -2.65. The fraction of sp³-hybridized carbons (Fsp3) is 0.846. The molecule has 96 valence electrons. The zero-order valence-electron chi connectivity index (χ0n) is 10.9. The predicted octanol–water partition coefficient (Wildman–Crippen LogP) is 1.30. The monoisotopic (exact) mass is 238 g/mol. The predicted molar refractivity (Wildman–Crippen MR) is 65.3 cm³/mol. The minimum atomic E-state index is -0.368. The van der Waals surface area contributed by atoms with Gasteiger partial charge in [0.15, 0.2) is 0 Å². The molecule has 2 fully saturated rings. The summed E-state index contributed by atoms with van der Waals surface area (Å²) < 4.78 is 0. The van der Waals surface area contributed by atoms with Gasteiger partial charge in [-0.05, 0) is 32.6 Å². The third-order valence-electron chi connectivity index (χ3n) is 4.20. The molecule has 4 atom stereocenters. The third kappa shape index (κ3) is 2.17. The smallest absolute Gasteiger partial charge is 0.245 e. The normalized spacial score (nSPS) is 39.1. The molecule has 1 aliphatic carbocycles. The average Bonchev–Trinajstić information content (AvgIpc) is 2.29. The first-order valence-electron chi connectivity index (χ1n) is 6.65. The van der Waals surface area contributed by atoms with Crippen molar-refractivity contribution in [1.82, 2.24) is 10.2 Å². The van der Waals surface area contributed by atoms with Gasteiger partial charge < -0.3 is 10.2 Å². The van der Waals surface area contributed by atoms with E-state index in [2.05, 4.69) is 12.2 Å². The van der Waals surface area contributed by atoms with Crippen molar-refractivity contribution in [3.8, 4) is 0 Å². The number of hydrogen-bond donors (Lipinski definition) is 1. The second-order valence-corrected chi connectivity index (χ2v) is 5.48. The number of nitrogens with one attached hydrogen (secondary N) is 1. The largest absolute Gasteiger partial charge is 0.343 e. The maximum Gasteiger partial charge on any atom is 0.245 e. The fourth-order valence-electron chi connectivity index (χ4n) is 3.10. The number of amides is 2. The first-order valence-corrected chi connectivity index (χ1v) is 6.65. The molecule has 0 bridgehead atoms. The molecule has 2 amide bonds. The Morgan fingerprint density at radius 2 is 1.76 bits per heavy atom. The molecule has 0 radical (unpaired) electrons. The van der Waals surface area contributed by atoms with Gasteiger partial charge in [-0.2, -0.15) is 0 Å². The highest BCUT2D eigenvalue weighted by atomic mass is 16.2. The van der Waals surface area contributed by atoms with Gasteiger partial charge in [0.05, 0.1) is 0 Å². The van der Waals surface area contributed by atoms with Gasteiger partial charge in [0.2, 0.25) is 11.8 Å². The van der Waals surface area contributed by atoms with Crippen molar-refractivity contribution in [2.24, 2.45) is 5.92 Å². The molecule has 1 saturated heterocycles. The first kappa shape index (κ1) is 12.4. The topological polar surface area (TPSA) is 49.4 Å². The van der Waals surface area contributed by atoms with Gasteiger partial charge >= 0.3 is 0 Å². The molecule has 4 heteroatoms. The molecule has 2 rings (SSSR count). The van der Waals surface area contributed by atoms with Gasteiger partial charge in [-0.1, -0.05) is 19.8 Å². The Balaban J connectivity index is 2.20. The molecule has 4 unspecified atom stereocenters. The average molecular weight is 238 g/mol. The summed E-state index contributed by atoms with van der Waals surface area (Å²) in [6.07, 6.45) is 4.62. The summed E-state index contributed by atoms with van der Waals surface area (Å²) in [4.78, 5) is 25.9. The van der Waals surface area contributed by atoms with Gasteiger partial charge in [-0.25, -0.2) is 0 Å². The Morgan fingerprint density at radius 3 is 2.41 bits per heavy atom. The van der Waals surface area contributed by atoms with E-state index in [4.69, 9.17) is 0 Å². The minimum absolute atomic E-state index is 0.0186. The number of rotatable bonds is 1. The molecule has 1 saturated carbocycles. The van der Waals surface area contributed by atoms with Gasteiger partial charge in [0.25, 0.3) is 0 Å². The lowest BCUT2D eigenvalue weighted by molar-refractivity contribution is -0.152. The van der Waals surface area contributed by atoms with Crippen LogP contribution in [0.5, 0.6) is 0 Å². The Morgan fingerprint density at radius 1 is 1.12 bits per heavy atom. The van der Waals surface area contributed by atoms with E-state index in [0.29, 0.717) is 5.92 Å². The van der Waals surface area contributed by atoms with E-state index in [1.807, 2.05) is 11.8 Å². The van der Waals surface area contributed by atoms with Crippen LogP contribution in [0.2, 0.25) is 0 Å². The summed E-state index contributed by atoms with van der Waals surface area (Å²) in [6, 6.07) is -0.433. The van der Waals surface area contributed by atoms with Crippen molar-refractivity contribution >= 4 is 11.8 Å². The van der Waals surface area contributed by atoms with E-state index in [1.165, 1.54) is 12.8 Å². The number of carbonyl (C=O) groups is 2. The summed E-state index contributed by atoms with van der Waals surface area (Å²) in [5, 5.41) is 2.73. The Bertz CT molecular complexity index is 329. The molecule has 1 heterocycles. The van der Waals surface area contributed by atoms with E-state index >= 15 is 0 Å². The van der Waals surface area contributed by atoms with Crippen LogP contribution in [0.4, 0.5) is 0 Å². The van der Waals surface area contributed by atoms with Crippen LogP contribution in [0.15, 0.2) is 0 Å². The van der Waals surface area contributed by atoms with Gasteiger partial charge in [0, 0.05) is 6.04 Å². The van der Waals surface area contributed by atoms with E-state index in [0.717, 1.165) is 12.8 Å². The van der Waals surface area contributed by atoms with Crippen molar-refractivity contribution in [3.63, 3.8) is 0 Å². The second-order valence-electron chi connectivity index (χ2n) is 5.48. The summed E-state index contributed by atoms with van der Waals surface area (Å²) >= 11 is 0. The van der Waals surface area contributed by atoms with Gasteiger partial charge in [0.1, 0.15) is 12.1 Å². The summed E-state index contributed by atoms with van der Waals surface area (Å²) in [7, 11) is 0. The molecule has 0 aromatic heterocycles. The van der Waals surface area contributed by atoms with Crippen LogP contribution in [-0.4, -0.2) is 34.8 Å². The molecule has 17 heavy (non-hydrogen) atoms. The molecule has 2 aliphatic rings. The van der Waals surface area contributed by atoms with Gasteiger partial charge in [-0.15, -0.1) is 0 Å². The summed E-state index contributed by atoms with van der Waals surface area (Å²) in [5.74, 6) is 0.568. The highest BCUT2D eigenvalue weighted by Gasteiger charge is 2.41. The number of piperazine rings is 1. The van der Waals surface area contributed by atoms with Crippen molar-refractivity contribution in [3.05, 3.63) is 0 Å². The van der Waals surface area contributed by atoms with E-state index in [9.17, 15) is 9.59 Å².